The van der Waals surface area contributed by atoms with E-state index < -0.39 is 0 Å². The SMILES string of the molecule is Cl.O=C(Nc1ccc(C(=O)N2CCCNCC2)cc1)c1cc(Cl)cc(Cl)c1. The lowest BCUT2D eigenvalue weighted by atomic mass is 10.1. The molecule has 0 aliphatic carbocycles. The van der Waals surface area contributed by atoms with Crippen LogP contribution >= 0.6 is 35.6 Å². The summed E-state index contributed by atoms with van der Waals surface area (Å²) in [5.74, 6) is -0.305. The van der Waals surface area contributed by atoms with Crippen LogP contribution in [0.25, 0.3) is 0 Å². The molecule has 3 rings (SSSR count). The predicted octanol–water partition coefficient (Wildman–Crippen LogP) is 4.10. The second-order valence-corrected chi connectivity index (χ2v) is 6.96. The highest BCUT2D eigenvalue weighted by molar-refractivity contribution is 6.35. The first-order chi connectivity index (χ1) is 12.5. The average molecular weight is 429 g/mol. The van der Waals surface area contributed by atoms with Crippen molar-refractivity contribution in [1.82, 2.24) is 10.2 Å². The topological polar surface area (TPSA) is 61.4 Å². The Morgan fingerprint density at radius 1 is 0.926 bits per heavy atom. The first kappa shape index (κ1) is 21.5. The Morgan fingerprint density at radius 2 is 1.59 bits per heavy atom. The van der Waals surface area contributed by atoms with Gasteiger partial charge in [-0.2, -0.15) is 0 Å². The van der Waals surface area contributed by atoms with Gasteiger partial charge in [0, 0.05) is 46.5 Å². The fourth-order valence-electron chi connectivity index (χ4n) is 2.82. The van der Waals surface area contributed by atoms with Crippen LogP contribution in [0.3, 0.4) is 0 Å². The fourth-order valence-corrected chi connectivity index (χ4v) is 3.34. The van der Waals surface area contributed by atoms with Crippen molar-refractivity contribution in [2.75, 3.05) is 31.5 Å². The highest BCUT2D eigenvalue weighted by atomic mass is 35.5. The minimum Gasteiger partial charge on any atom is -0.337 e. The number of amides is 2. The molecule has 0 spiro atoms. The molecule has 2 aromatic carbocycles. The normalized spacial score (nSPS) is 14.1. The van der Waals surface area contributed by atoms with Gasteiger partial charge >= 0.3 is 0 Å². The fraction of sp³-hybridized carbons (Fsp3) is 0.263. The van der Waals surface area contributed by atoms with Crippen LogP contribution in [-0.4, -0.2) is 42.9 Å². The molecule has 0 saturated carbocycles. The summed E-state index contributed by atoms with van der Waals surface area (Å²) in [6, 6.07) is 11.5. The molecule has 5 nitrogen and oxygen atoms in total. The first-order valence-electron chi connectivity index (χ1n) is 8.40. The van der Waals surface area contributed by atoms with Crippen LogP contribution in [0.5, 0.6) is 0 Å². The molecule has 8 heteroatoms. The highest BCUT2D eigenvalue weighted by Gasteiger charge is 2.17. The van der Waals surface area contributed by atoms with Crippen molar-refractivity contribution >= 4 is 53.1 Å². The first-order valence-corrected chi connectivity index (χ1v) is 9.16. The van der Waals surface area contributed by atoms with E-state index in [0.717, 1.165) is 26.1 Å². The number of carbonyl (C=O) groups is 2. The smallest absolute Gasteiger partial charge is 0.255 e. The molecule has 0 bridgehead atoms. The van der Waals surface area contributed by atoms with E-state index in [4.69, 9.17) is 23.2 Å². The van der Waals surface area contributed by atoms with Gasteiger partial charge in [-0.25, -0.2) is 0 Å². The van der Waals surface area contributed by atoms with Crippen LogP contribution in [0.4, 0.5) is 5.69 Å². The maximum Gasteiger partial charge on any atom is 0.255 e. The summed E-state index contributed by atoms with van der Waals surface area (Å²) in [6.45, 7) is 3.19. The number of rotatable bonds is 3. The maximum atomic E-state index is 12.6. The number of carbonyl (C=O) groups excluding carboxylic acids is 2. The number of hydrogen-bond acceptors (Lipinski definition) is 3. The van der Waals surface area contributed by atoms with Gasteiger partial charge in [0.15, 0.2) is 0 Å². The summed E-state index contributed by atoms with van der Waals surface area (Å²) in [5.41, 5.74) is 1.58. The van der Waals surface area contributed by atoms with E-state index in [1.807, 2.05) is 4.90 Å². The molecule has 1 aliphatic heterocycles. The van der Waals surface area contributed by atoms with Crippen molar-refractivity contribution in [3.63, 3.8) is 0 Å². The molecule has 0 radical (unpaired) electrons. The molecule has 2 aromatic rings. The number of halogens is 3. The lowest BCUT2D eigenvalue weighted by molar-refractivity contribution is 0.0766. The lowest BCUT2D eigenvalue weighted by Crippen LogP contribution is -2.34. The predicted molar refractivity (Wildman–Crippen MR) is 111 cm³/mol. The molecule has 1 heterocycles. The monoisotopic (exact) mass is 427 g/mol. The van der Waals surface area contributed by atoms with Crippen LogP contribution < -0.4 is 10.6 Å². The van der Waals surface area contributed by atoms with Gasteiger partial charge in [0.25, 0.3) is 11.8 Å². The van der Waals surface area contributed by atoms with Gasteiger partial charge in [-0.05, 0) is 55.4 Å². The molecule has 0 atom stereocenters. The Labute approximate surface area is 174 Å². The summed E-state index contributed by atoms with van der Waals surface area (Å²) in [7, 11) is 0. The average Bonchev–Trinajstić information content (AvgIpc) is 2.90. The Balaban J connectivity index is 0.00000261. The third-order valence-corrected chi connectivity index (χ3v) is 4.58. The number of nitrogens with zero attached hydrogens (tertiary/aromatic N) is 1. The van der Waals surface area contributed by atoms with Crippen molar-refractivity contribution in [2.24, 2.45) is 0 Å². The molecular formula is C19H20Cl3N3O2. The summed E-state index contributed by atoms with van der Waals surface area (Å²) in [5, 5.41) is 6.85. The van der Waals surface area contributed by atoms with E-state index in [2.05, 4.69) is 10.6 Å². The molecule has 0 aromatic heterocycles. The Hall–Kier alpha value is -1.79. The minimum absolute atomic E-state index is 0. The molecule has 1 saturated heterocycles. The number of benzene rings is 2. The summed E-state index contributed by atoms with van der Waals surface area (Å²) < 4.78 is 0. The number of anilines is 1. The van der Waals surface area contributed by atoms with Crippen LogP contribution in [0.2, 0.25) is 10.0 Å². The lowest BCUT2D eigenvalue weighted by Gasteiger charge is -2.20. The van der Waals surface area contributed by atoms with E-state index in [9.17, 15) is 9.59 Å². The Kier molecular flexibility index (Phi) is 7.92. The summed E-state index contributed by atoms with van der Waals surface area (Å²) >= 11 is 11.9. The molecular weight excluding hydrogens is 409 g/mol. The molecule has 2 N–H and O–H groups in total. The van der Waals surface area contributed by atoms with E-state index in [0.29, 0.717) is 33.4 Å². The largest absolute Gasteiger partial charge is 0.337 e. The van der Waals surface area contributed by atoms with Crippen LogP contribution in [0.1, 0.15) is 27.1 Å². The highest BCUT2D eigenvalue weighted by Crippen LogP contribution is 2.20. The van der Waals surface area contributed by atoms with Gasteiger partial charge in [0.1, 0.15) is 0 Å². The van der Waals surface area contributed by atoms with E-state index in [1.165, 1.54) is 0 Å². The van der Waals surface area contributed by atoms with Crippen LogP contribution in [0.15, 0.2) is 42.5 Å². The zero-order valence-electron chi connectivity index (χ0n) is 14.5. The van der Waals surface area contributed by atoms with Gasteiger partial charge in [0.05, 0.1) is 0 Å². The Bertz CT molecular complexity index is 784. The molecule has 27 heavy (non-hydrogen) atoms. The van der Waals surface area contributed by atoms with Crippen molar-refractivity contribution in [2.45, 2.75) is 6.42 Å². The van der Waals surface area contributed by atoms with Crippen molar-refractivity contribution in [3.8, 4) is 0 Å². The van der Waals surface area contributed by atoms with Crippen molar-refractivity contribution in [1.29, 1.82) is 0 Å². The third-order valence-electron chi connectivity index (χ3n) is 4.14. The van der Waals surface area contributed by atoms with E-state index >= 15 is 0 Å². The van der Waals surface area contributed by atoms with Gasteiger partial charge in [-0.1, -0.05) is 23.2 Å². The van der Waals surface area contributed by atoms with Crippen LogP contribution in [0, 0.1) is 0 Å². The molecule has 144 valence electrons. The van der Waals surface area contributed by atoms with E-state index in [-0.39, 0.29) is 24.2 Å². The summed E-state index contributed by atoms with van der Waals surface area (Å²) in [6.07, 6.45) is 0.947. The van der Waals surface area contributed by atoms with Crippen molar-refractivity contribution < 1.29 is 9.59 Å². The second-order valence-electron chi connectivity index (χ2n) is 6.09. The van der Waals surface area contributed by atoms with Gasteiger partial charge < -0.3 is 15.5 Å². The number of hydrogen-bond donors (Lipinski definition) is 2. The minimum atomic E-state index is -0.313. The quantitative estimate of drug-likeness (QED) is 0.773. The zero-order chi connectivity index (χ0) is 18.5. The molecule has 1 aliphatic rings. The number of nitrogens with one attached hydrogen (secondary N) is 2. The molecule has 2 amide bonds. The summed E-state index contributed by atoms with van der Waals surface area (Å²) in [4.78, 5) is 26.7. The molecule has 1 fully saturated rings. The van der Waals surface area contributed by atoms with Gasteiger partial charge in [0.2, 0.25) is 0 Å². The van der Waals surface area contributed by atoms with Crippen LogP contribution in [-0.2, 0) is 0 Å². The second kappa shape index (κ2) is 9.95. The standard InChI is InChI=1S/C19H19Cl2N3O2.ClH/c20-15-10-14(11-16(21)12-15)18(25)23-17-4-2-13(3-5-17)19(26)24-8-1-6-22-7-9-24;/h2-5,10-12,22H,1,6-9H2,(H,23,25);1H. The molecule has 0 unspecified atom stereocenters. The van der Waals surface area contributed by atoms with Crippen molar-refractivity contribution in [3.05, 3.63) is 63.6 Å². The maximum absolute atomic E-state index is 12.6. The van der Waals surface area contributed by atoms with Gasteiger partial charge in [-0.3, -0.25) is 9.59 Å². The third kappa shape index (κ3) is 5.84. The van der Waals surface area contributed by atoms with E-state index in [1.54, 1.807) is 42.5 Å². The Morgan fingerprint density at radius 3 is 2.26 bits per heavy atom. The zero-order valence-corrected chi connectivity index (χ0v) is 16.8. The van der Waals surface area contributed by atoms with Gasteiger partial charge in [-0.15, -0.1) is 12.4 Å².